The predicted octanol–water partition coefficient (Wildman–Crippen LogP) is 0.0613. The van der Waals surface area contributed by atoms with E-state index in [-0.39, 0.29) is 0 Å². The first-order chi connectivity index (χ1) is 3.33. The fourth-order valence-corrected chi connectivity index (χ4v) is 0. The van der Waals surface area contributed by atoms with Crippen LogP contribution in [-0.4, -0.2) is 27.7 Å². The van der Waals surface area contributed by atoms with Gasteiger partial charge in [0.25, 0.3) is 0 Å². The Bertz CT molecular complexity index is 13.6. The number of nitrogens with one attached hydrogen (secondary N) is 2. The van der Waals surface area contributed by atoms with Gasteiger partial charge in [-0.3, -0.25) is 0 Å². The normalized spacial score (nSPS) is 6.86. The van der Waals surface area contributed by atoms with E-state index in [9.17, 15) is 0 Å². The molecule has 46 valence electrons. The van der Waals surface area contributed by atoms with Gasteiger partial charge in [-0.05, 0) is 27.7 Å². The van der Waals surface area contributed by atoms with Crippen molar-refractivity contribution < 1.29 is 0 Å². The lowest BCUT2D eigenvalue weighted by atomic mass is 10.8. The van der Waals surface area contributed by atoms with Crippen molar-refractivity contribution >= 4 is 0 Å². The van der Waals surface area contributed by atoms with Gasteiger partial charge in [0.05, 0.1) is 0 Å². The highest BCUT2D eigenvalue weighted by molar-refractivity contribution is 4.15. The third kappa shape index (κ3) is 107. The molecule has 0 saturated heterocycles. The summed E-state index contributed by atoms with van der Waals surface area (Å²) >= 11 is 0. The van der Waals surface area contributed by atoms with E-state index in [0.717, 1.165) is 6.54 Å². The number of hydrogen-bond donors (Lipinski definition) is 2. The molecular formula is C5H16N2. The summed E-state index contributed by atoms with van der Waals surface area (Å²) in [5.41, 5.74) is 0. The van der Waals surface area contributed by atoms with Crippen LogP contribution in [0.1, 0.15) is 6.92 Å². The van der Waals surface area contributed by atoms with Crippen molar-refractivity contribution in [3.05, 3.63) is 0 Å². The van der Waals surface area contributed by atoms with Gasteiger partial charge >= 0.3 is 0 Å². The van der Waals surface area contributed by atoms with Crippen LogP contribution < -0.4 is 10.6 Å². The molecule has 0 aliphatic carbocycles. The molecule has 0 rings (SSSR count). The molecule has 0 aliphatic rings. The lowest BCUT2D eigenvalue weighted by molar-refractivity contribution is 0.864. The molecule has 0 bridgehead atoms. The topological polar surface area (TPSA) is 24.1 Å². The lowest BCUT2D eigenvalue weighted by Crippen LogP contribution is -2.01. The average Bonchev–Trinajstić information content (AvgIpc) is 1.69. The van der Waals surface area contributed by atoms with Gasteiger partial charge in [0.2, 0.25) is 0 Å². The smallest absolute Gasteiger partial charge is 0.00804 e. The summed E-state index contributed by atoms with van der Waals surface area (Å²) in [6, 6.07) is 0. The second kappa shape index (κ2) is 16.8. The van der Waals surface area contributed by atoms with Crippen LogP contribution >= 0.6 is 0 Å². The molecule has 2 N–H and O–H groups in total. The lowest BCUT2D eigenvalue weighted by Gasteiger charge is -1.76. The summed E-state index contributed by atoms with van der Waals surface area (Å²) in [5, 5.41) is 5.68. The number of hydrogen-bond acceptors (Lipinski definition) is 2. The van der Waals surface area contributed by atoms with Gasteiger partial charge in [-0.1, -0.05) is 6.92 Å². The Hall–Kier alpha value is -0.0800. The number of rotatable bonds is 1. The summed E-state index contributed by atoms with van der Waals surface area (Å²) in [7, 11) is 5.68. The molecule has 0 aromatic rings. The van der Waals surface area contributed by atoms with Crippen LogP contribution in [0.2, 0.25) is 0 Å². The zero-order valence-corrected chi connectivity index (χ0v) is 5.71. The monoisotopic (exact) mass is 104 g/mol. The minimum absolute atomic E-state index is 1.07. The fourth-order valence-electron chi connectivity index (χ4n) is 0. The van der Waals surface area contributed by atoms with E-state index >= 15 is 0 Å². The van der Waals surface area contributed by atoms with Gasteiger partial charge < -0.3 is 10.6 Å². The van der Waals surface area contributed by atoms with Gasteiger partial charge in [0, 0.05) is 0 Å². The maximum atomic E-state index is 2.93. The van der Waals surface area contributed by atoms with Crippen molar-refractivity contribution in [2.45, 2.75) is 6.92 Å². The van der Waals surface area contributed by atoms with Crippen molar-refractivity contribution in [2.24, 2.45) is 0 Å². The Morgan fingerprint density at radius 2 is 1.29 bits per heavy atom. The molecule has 0 aromatic heterocycles. The molecule has 0 amide bonds. The maximum absolute atomic E-state index is 2.93. The molecule has 0 radical (unpaired) electrons. The van der Waals surface area contributed by atoms with E-state index in [1.807, 2.05) is 21.1 Å². The Balaban J connectivity index is 0. The van der Waals surface area contributed by atoms with E-state index in [2.05, 4.69) is 17.6 Å². The minimum Gasteiger partial charge on any atom is -0.323 e. The van der Waals surface area contributed by atoms with E-state index in [0.29, 0.717) is 0 Å². The van der Waals surface area contributed by atoms with Crippen LogP contribution in [0.15, 0.2) is 0 Å². The van der Waals surface area contributed by atoms with Gasteiger partial charge in [0.1, 0.15) is 0 Å². The standard InChI is InChI=1S/C3H9N.C2H7N/c1-3-4-2;1-3-2/h4H,3H2,1-2H3;3H,1-2H3. The summed E-state index contributed by atoms with van der Waals surface area (Å²) in [6.45, 7) is 3.14. The molecule has 0 saturated carbocycles. The molecule has 7 heavy (non-hydrogen) atoms. The van der Waals surface area contributed by atoms with E-state index in [4.69, 9.17) is 0 Å². The zero-order chi connectivity index (χ0) is 6.12. The first-order valence-electron chi connectivity index (χ1n) is 2.56. The summed E-state index contributed by atoms with van der Waals surface area (Å²) in [5.74, 6) is 0. The Labute approximate surface area is 46.3 Å². The molecule has 0 spiro atoms. The second-order valence-electron chi connectivity index (χ2n) is 1.21. The van der Waals surface area contributed by atoms with Gasteiger partial charge in [0.15, 0.2) is 0 Å². The molecule has 0 heterocycles. The zero-order valence-electron chi connectivity index (χ0n) is 5.71. The fraction of sp³-hybridized carbons (Fsp3) is 1.00. The Morgan fingerprint density at radius 1 is 1.14 bits per heavy atom. The van der Waals surface area contributed by atoms with Crippen LogP contribution in [0.5, 0.6) is 0 Å². The molecule has 0 aromatic carbocycles. The summed E-state index contributed by atoms with van der Waals surface area (Å²) in [6.07, 6.45) is 0. The van der Waals surface area contributed by atoms with Crippen molar-refractivity contribution in [1.82, 2.24) is 10.6 Å². The van der Waals surface area contributed by atoms with Crippen molar-refractivity contribution in [3.8, 4) is 0 Å². The Kier molecular flexibility index (Phi) is 24.1. The largest absolute Gasteiger partial charge is 0.323 e. The van der Waals surface area contributed by atoms with Crippen molar-refractivity contribution in [3.63, 3.8) is 0 Å². The quantitative estimate of drug-likeness (QED) is 0.491. The van der Waals surface area contributed by atoms with E-state index in [1.54, 1.807) is 0 Å². The van der Waals surface area contributed by atoms with E-state index in [1.165, 1.54) is 0 Å². The van der Waals surface area contributed by atoms with Crippen LogP contribution in [0.3, 0.4) is 0 Å². The summed E-state index contributed by atoms with van der Waals surface area (Å²) in [4.78, 5) is 0. The molecular weight excluding hydrogens is 88.1 g/mol. The van der Waals surface area contributed by atoms with Crippen molar-refractivity contribution in [2.75, 3.05) is 27.7 Å². The predicted molar refractivity (Wildman–Crippen MR) is 34.6 cm³/mol. The minimum atomic E-state index is 1.07. The highest BCUT2D eigenvalue weighted by Crippen LogP contribution is 1.34. The molecule has 0 aliphatic heterocycles. The van der Waals surface area contributed by atoms with Gasteiger partial charge in [-0.2, -0.15) is 0 Å². The summed E-state index contributed by atoms with van der Waals surface area (Å²) < 4.78 is 0. The molecule has 0 atom stereocenters. The second-order valence-corrected chi connectivity index (χ2v) is 1.21. The van der Waals surface area contributed by atoms with Gasteiger partial charge in [-0.25, -0.2) is 0 Å². The Morgan fingerprint density at radius 3 is 1.29 bits per heavy atom. The average molecular weight is 104 g/mol. The first kappa shape index (κ1) is 10.0. The highest BCUT2D eigenvalue weighted by Gasteiger charge is 1.50. The molecule has 0 fully saturated rings. The van der Waals surface area contributed by atoms with Gasteiger partial charge in [-0.15, -0.1) is 0 Å². The van der Waals surface area contributed by atoms with Crippen LogP contribution in [-0.2, 0) is 0 Å². The molecule has 2 nitrogen and oxygen atoms in total. The SMILES string of the molecule is CCNC.CNC. The van der Waals surface area contributed by atoms with Crippen molar-refractivity contribution in [1.29, 1.82) is 0 Å². The molecule has 0 unspecified atom stereocenters. The van der Waals surface area contributed by atoms with Crippen LogP contribution in [0, 0.1) is 0 Å². The molecule has 2 heteroatoms. The third-order valence-electron chi connectivity index (χ3n) is 0.354. The first-order valence-corrected chi connectivity index (χ1v) is 2.56. The van der Waals surface area contributed by atoms with E-state index < -0.39 is 0 Å². The van der Waals surface area contributed by atoms with Crippen LogP contribution in [0.25, 0.3) is 0 Å². The maximum Gasteiger partial charge on any atom is -0.00804 e. The van der Waals surface area contributed by atoms with Crippen LogP contribution in [0.4, 0.5) is 0 Å². The third-order valence-corrected chi connectivity index (χ3v) is 0.354. The highest BCUT2D eigenvalue weighted by atomic mass is 14.8.